The van der Waals surface area contributed by atoms with Gasteiger partial charge in [0.2, 0.25) is 5.91 Å². The maximum absolute atomic E-state index is 11.7. The number of amides is 1. The Bertz CT molecular complexity index is 460. The van der Waals surface area contributed by atoms with E-state index < -0.39 is 6.04 Å². The number of nitrogens with zero attached hydrogens (tertiary/aromatic N) is 1. The number of rotatable bonds is 7. The average Bonchev–Trinajstić information content (AvgIpc) is 2.44. The van der Waals surface area contributed by atoms with Crippen LogP contribution in [0.15, 0.2) is 24.3 Å². The monoisotopic (exact) mass is 274 g/mol. The molecule has 0 aliphatic rings. The standard InChI is InChI=1S/C16H22N2O2/c1-4-14(10-17)18-16(19)9-13-5-7-15(8-6-13)20-11-12(2)3/h5-8,12,14H,4,9,11H2,1-3H3,(H,18,19)/t14-/m1/s1. The number of hydrogen-bond acceptors (Lipinski definition) is 3. The van der Waals surface area contributed by atoms with E-state index >= 15 is 0 Å². The fraction of sp³-hybridized carbons (Fsp3) is 0.500. The lowest BCUT2D eigenvalue weighted by Crippen LogP contribution is -2.34. The van der Waals surface area contributed by atoms with Crippen LogP contribution in [0.2, 0.25) is 0 Å². The summed E-state index contributed by atoms with van der Waals surface area (Å²) in [5.41, 5.74) is 0.909. The maximum Gasteiger partial charge on any atom is 0.225 e. The van der Waals surface area contributed by atoms with Gasteiger partial charge >= 0.3 is 0 Å². The quantitative estimate of drug-likeness (QED) is 0.831. The summed E-state index contributed by atoms with van der Waals surface area (Å²) < 4.78 is 5.58. The van der Waals surface area contributed by atoms with Crippen LogP contribution in [-0.4, -0.2) is 18.6 Å². The normalized spacial score (nSPS) is 11.8. The number of ether oxygens (including phenoxy) is 1. The highest BCUT2D eigenvalue weighted by atomic mass is 16.5. The summed E-state index contributed by atoms with van der Waals surface area (Å²) in [6, 6.07) is 9.14. The summed E-state index contributed by atoms with van der Waals surface area (Å²) in [6.07, 6.45) is 0.896. The maximum atomic E-state index is 11.7. The molecule has 1 aromatic carbocycles. The van der Waals surface area contributed by atoms with Gasteiger partial charge in [-0.25, -0.2) is 0 Å². The Balaban J connectivity index is 2.49. The zero-order valence-electron chi connectivity index (χ0n) is 12.3. The van der Waals surface area contributed by atoms with Gasteiger partial charge in [-0.3, -0.25) is 4.79 Å². The third-order valence-electron chi connectivity index (χ3n) is 2.77. The van der Waals surface area contributed by atoms with Crippen LogP contribution in [0.25, 0.3) is 0 Å². The molecule has 20 heavy (non-hydrogen) atoms. The molecule has 0 aromatic heterocycles. The molecule has 0 radical (unpaired) electrons. The minimum atomic E-state index is -0.406. The van der Waals surface area contributed by atoms with E-state index in [9.17, 15) is 4.79 Å². The second-order valence-electron chi connectivity index (χ2n) is 5.18. The van der Waals surface area contributed by atoms with Gasteiger partial charge in [0.05, 0.1) is 19.1 Å². The molecule has 1 rings (SSSR count). The van der Waals surface area contributed by atoms with Crippen molar-refractivity contribution in [3.8, 4) is 11.8 Å². The first-order chi connectivity index (χ1) is 9.55. The van der Waals surface area contributed by atoms with E-state index in [1.54, 1.807) is 0 Å². The molecule has 0 spiro atoms. The van der Waals surface area contributed by atoms with Crippen LogP contribution < -0.4 is 10.1 Å². The molecule has 0 saturated carbocycles. The molecule has 0 heterocycles. The summed E-state index contributed by atoms with van der Waals surface area (Å²) in [6.45, 7) is 6.74. The molecule has 108 valence electrons. The minimum Gasteiger partial charge on any atom is -0.493 e. The lowest BCUT2D eigenvalue weighted by Gasteiger charge is -2.10. The molecule has 0 saturated heterocycles. The average molecular weight is 274 g/mol. The van der Waals surface area contributed by atoms with Gasteiger partial charge in [0, 0.05) is 0 Å². The fourth-order valence-electron chi connectivity index (χ4n) is 1.62. The Hall–Kier alpha value is -2.02. The summed E-state index contributed by atoms with van der Waals surface area (Å²) >= 11 is 0. The van der Waals surface area contributed by atoms with Crippen LogP contribution in [0.4, 0.5) is 0 Å². The largest absolute Gasteiger partial charge is 0.493 e. The first-order valence-electron chi connectivity index (χ1n) is 6.95. The Morgan fingerprint density at radius 1 is 1.35 bits per heavy atom. The molecule has 1 amide bonds. The minimum absolute atomic E-state index is 0.130. The lowest BCUT2D eigenvalue weighted by atomic mass is 10.1. The molecule has 0 fully saturated rings. The molecule has 1 aromatic rings. The van der Waals surface area contributed by atoms with Crippen molar-refractivity contribution in [1.29, 1.82) is 5.26 Å². The van der Waals surface area contributed by atoms with E-state index in [2.05, 4.69) is 25.2 Å². The van der Waals surface area contributed by atoms with E-state index in [-0.39, 0.29) is 12.3 Å². The third kappa shape index (κ3) is 5.75. The van der Waals surface area contributed by atoms with Crippen molar-refractivity contribution >= 4 is 5.91 Å². The molecule has 0 aliphatic carbocycles. The van der Waals surface area contributed by atoms with Crippen LogP contribution in [0, 0.1) is 17.2 Å². The lowest BCUT2D eigenvalue weighted by molar-refractivity contribution is -0.120. The molecule has 1 atom stereocenters. The Labute approximate surface area is 120 Å². The van der Waals surface area contributed by atoms with Crippen molar-refractivity contribution < 1.29 is 9.53 Å². The van der Waals surface area contributed by atoms with Crippen molar-refractivity contribution in [3.05, 3.63) is 29.8 Å². The van der Waals surface area contributed by atoms with Crippen LogP contribution in [-0.2, 0) is 11.2 Å². The fourth-order valence-corrected chi connectivity index (χ4v) is 1.62. The predicted octanol–water partition coefficient (Wildman–Crippen LogP) is 2.68. The first-order valence-corrected chi connectivity index (χ1v) is 6.95. The van der Waals surface area contributed by atoms with E-state index in [1.807, 2.05) is 31.2 Å². The smallest absolute Gasteiger partial charge is 0.225 e. The van der Waals surface area contributed by atoms with E-state index in [0.717, 1.165) is 11.3 Å². The van der Waals surface area contributed by atoms with E-state index in [0.29, 0.717) is 18.9 Å². The van der Waals surface area contributed by atoms with Gasteiger partial charge in [0.25, 0.3) is 0 Å². The highest BCUT2D eigenvalue weighted by molar-refractivity contribution is 5.79. The highest BCUT2D eigenvalue weighted by Gasteiger charge is 2.09. The van der Waals surface area contributed by atoms with Crippen molar-refractivity contribution in [2.75, 3.05) is 6.61 Å². The Morgan fingerprint density at radius 2 is 2.00 bits per heavy atom. The van der Waals surface area contributed by atoms with Crippen LogP contribution in [0.3, 0.4) is 0 Å². The SMILES string of the molecule is CC[C@H](C#N)NC(=O)Cc1ccc(OCC(C)C)cc1. The molecule has 4 nitrogen and oxygen atoms in total. The Morgan fingerprint density at radius 3 is 2.50 bits per heavy atom. The predicted molar refractivity (Wildman–Crippen MR) is 78.3 cm³/mol. The second kappa shape index (κ2) is 8.21. The van der Waals surface area contributed by atoms with Crippen molar-refractivity contribution in [3.63, 3.8) is 0 Å². The molecular weight excluding hydrogens is 252 g/mol. The second-order valence-corrected chi connectivity index (χ2v) is 5.18. The zero-order valence-corrected chi connectivity index (χ0v) is 12.3. The van der Waals surface area contributed by atoms with Crippen LogP contribution in [0.5, 0.6) is 5.75 Å². The molecule has 0 bridgehead atoms. The van der Waals surface area contributed by atoms with Gasteiger partial charge in [0.15, 0.2) is 0 Å². The summed E-state index contributed by atoms with van der Waals surface area (Å²) in [7, 11) is 0. The van der Waals surface area contributed by atoms with Gasteiger partial charge in [0.1, 0.15) is 11.8 Å². The first kappa shape index (κ1) is 16.0. The van der Waals surface area contributed by atoms with Gasteiger partial charge < -0.3 is 10.1 Å². The number of nitriles is 1. The topological polar surface area (TPSA) is 62.1 Å². The number of carbonyl (C=O) groups is 1. The van der Waals surface area contributed by atoms with Crippen molar-refractivity contribution in [1.82, 2.24) is 5.32 Å². The van der Waals surface area contributed by atoms with Crippen LogP contribution in [0.1, 0.15) is 32.8 Å². The molecule has 1 N–H and O–H groups in total. The molecule has 4 heteroatoms. The van der Waals surface area contributed by atoms with Gasteiger partial charge in [-0.2, -0.15) is 5.26 Å². The molecule has 0 unspecified atom stereocenters. The molecular formula is C16H22N2O2. The highest BCUT2D eigenvalue weighted by Crippen LogP contribution is 2.13. The van der Waals surface area contributed by atoms with Gasteiger partial charge in [-0.15, -0.1) is 0 Å². The number of benzene rings is 1. The Kier molecular flexibility index (Phi) is 6.58. The van der Waals surface area contributed by atoms with E-state index in [1.165, 1.54) is 0 Å². The summed E-state index contributed by atoms with van der Waals surface area (Å²) in [4.78, 5) is 11.7. The van der Waals surface area contributed by atoms with Crippen molar-refractivity contribution in [2.45, 2.75) is 39.7 Å². The summed E-state index contributed by atoms with van der Waals surface area (Å²) in [5.74, 6) is 1.16. The zero-order chi connectivity index (χ0) is 15.0. The molecule has 0 aliphatic heterocycles. The van der Waals surface area contributed by atoms with Gasteiger partial charge in [-0.1, -0.05) is 32.9 Å². The van der Waals surface area contributed by atoms with Gasteiger partial charge in [-0.05, 0) is 30.0 Å². The number of hydrogen-bond donors (Lipinski definition) is 1. The number of carbonyl (C=O) groups excluding carboxylic acids is 1. The third-order valence-corrected chi connectivity index (χ3v) is 2.77. The van der Waals surface area contributed by atoms with Crippen molar-refractivity contribution in [2.24, 2.45) is 5.92 Å². The number of nitrogens with one attached hydrogen (secondary N) is 1. The van der Waals surface area contributed by atoms with Crippen LogP contribution >= 0.6 is 0 Å². The van der Waals surface area contributed by atoms with E-state index in [4.69, 9.17) is 10.00 Å². The summed E-state index contributed by atoms with van der Waals surface area (Å²) in [5, 5.41) is 11.5.